The quantitative estimate of drug-likeness (QED) is 0.414. The molecular weight excluding hydrogens is 436 g/mol. The average molecular weight is 465 g/mol. The number of pyridine rings is 1. The first-order chi connectivity index (χ1) is 15.9. The lowest BCUT2D eigenvalue weighted by molar-refractivity contribution is 0.100. The lowest BCUT2D eigenvalue weighted by atomic mass is 10.1. The maximum absolute atomic E-state index is 11.9. The molecule has 1 aromatic heterocycles. The molecule has 5 N–H and O–H groups in total. The van der Waals surface area contributed by atoms with Crippen LogP contribution in [0.5, 0.6) is 0 Å². The molecular formula is C25H29ClN6O. The maximum atomic E-state index is 11.9. The van der Waals surface area contributed by atoms with E-state index < -0.39 is 5.91 Å². The second kappa shape index (κ2) is 10.1. The van der Waals surface area contributed by atoms with E-state index >= 15 is 0 Å². The maximum Gasteiger partial charge on any atom is 0.252 e. The monoisotopic (exact) mass is 464 g/mol. The molecule has 3 aromatic rings. The standard InChI is InChI=1S/C25H29ClN6O/c1-16-14-32(15-17(2)30-16)20-9-7-19(8-10-20)31-24-11-23(21(13-29-24)25(27)33)28-12-18-5-3-4-6-22(18)26/h3-11,13,16-17,30H,12,14-15H2,1-2H3,(H2,27,33)(H2,28,29,31)/t16-,17+. The van der Waals surface area contributed by atoms with Gasteiger partial charge in [0.1, 0.15) is 5.82 Å². The summed E-state index contributed by atoms with van der Waals surface area (Å²) < 4.78 is 0. The van der Waals surface area contributed by atoms with Crippen molar-refractivity contribution in [2.75, 3.05) is 28.6 Å². The van der Waals surface area contributed by atoms with E-state index in [9.17, 15) is 4.79 Å². The largest absolute Gasteiger partial charge is 0.380 e. The van der Waals surface area contributed by atoms with Crippen molar-refractivity contribution in [1.82, 2.24) is 10.3 Å². The Kier molecular flexibility index (Phi) is 7.01. The number of hydrogen-bond donors (Lipinski definition) is 4. The molecule has 2 heterocycles. The van der Waals surface area contributed by atoms with Crippen LogP contribution in [0.15, 0.2) is 60.8 Å². The molecule has 1 aliphatic heterocycles. The van der Waals surface area contributed by atoms with Crippen molar-refractivity contribution >= 4 is 40.4 Å². The van der Waals surface area contributed by atoms with Crippen LogP contribution in [0.4, 0.5) is 22.9 Å². The first-order valence-electron chi connectivity index (χ1n) is 11.0. The highest BCUT2D eigenvalue weighted by Crippen LogP contribution is 2.25. The molecule has 0 spiro atoms. The molecule has 1 aliphatic rings. The molecule has 0 saturated carbocycles. The predicted molar refractivity (Wildman–Crippen MR) is 136 cm³/mol. The van der Waals surface area contributed by atoms with Crippen LogP contribution in [0, 0.1) is 0 Å². The summed E-state index contributed by atoms with van der Waals surface area (Å²) in [7, 11) is 0. The molecule has 0 bridgehead atoms. The summed E-state index contributed by atoms with van der Waals surface area (Å²) in [4.78, 5) is 18.6. The molecule has 2 aromatic carbocycles. The van der Waals surface area contributed by atoms with E-state index in [1.165, 1.54) is 11.9 Å². The number of carbonyl (C=O) groups is 1. The number of primary amides is 1. The van der Waals surface area contributed by atoms with E-state index in [2.05, 4.69) is 51.8 Å². The number of halogens is 1. The van der Waals surface area contributed by atoms with Crippen LogP contribution in [-0.4, -0.2) is 36.1 Å². The summed E-state index contributed by atoms with van der Waals surface area (Å²) in [6.07, 6.45) is 1.48. The third-order valence-corrected chi connectivity index (χ3v) is 6.03. The number of anilines is 4. The van der Waals surface area contributed by atoms with E-state index in [-0.39, 0.29) is 0 Å². The molecule has 0 aliphatic carbocycles. The molecule has 7 nitrogen and oxygen atoms in total. The van der Waals surface area contributed by atoms with E-state index in [1.807, 2.05) is 36.4 Å². The topological polar surface area (TPSA) is 95.3 Å². The number of nitrogens with zero attached hydrogens (tertiary/aromatic N) is 2. The summed E-state index contributed by atoms with van der Waals surface area (Å²) in [5.74, 6) is 0.0679. The molecule has 1 saturated heterocycles. The summed E-state index contributed by atoms with van der Waals surface area (Å²) in [6.45, 7) is 6.83. The summed E-state index contributed by atoms with van der Waals surface area (Å²) in [6, 6.07) is 18.5. The Bertz CT molecular complexity index is 1110. The molecule has 33 heavy (non-hydrogen) atoms. The third kappa shape index (κ3) is 5.74. The number of hydrogen-bond acceptors (Lipinski definition) is 6. The minimum absolute atomic E-state index is 0.324. The molecule has 2 atom stereocenters. The number of amides is 1. The minimum Gasteiger partial charge on any atom is -0.380 e. The molecule has 0 unspecified atom stereocenters. The van der Waals surface area contributed by atoms with Gasteiger partial charge in [-0.2, -0.15) is 0 Å². The van der Waals surface area contributed by atoms with Gasteiger partial charge in [0.2, 0.25) is 0 Å². The van der Waals surface area contributed by atoms with Gasteiger partial charge in [-0.05, 0) is 49.7 Å². The van der Waals surface area contributed by atoms with Crippen LogP contribution in [0.2, 0.25) is 5.02 Å². The molecule has 1 fully saturated rings. The van der Waals surface area contributed by atoms with E-state index in [1.54, 1.807) is 6.07 Å². The van der Waals surface area contributed by atoms with Crippen LogP contribution in [-0.2, 0) is 6.54 Å². The Morgan fingerprint density at radius 1 is 1.15 bits per heavy atom. The second-order valence-corrected chi connectivity index (χ2v) is 8.88. The number of piperazine rings is 1. The summed E-state index contributed by atoms with van der Waals surface area (Å²) >= 11 is 6.25. The predicted octanol–water partition coefficient (Wildman–Crippen LogP) is 4.38. The average Bonchev–Trinajstić information content (AvgIpc) is 2.78. The van der Waals surface area contributed by atoms with Gasteiger partial charge in [-0.3, -0.25) is 4.79 Å². The van der Waals surface area contributed by atoms with Crippen LogP contribution in [0.1, 0.15) is 29.8 Å². The van der Waals surface area contributed by atoms with Crippen molar-refractivity contribution in [3.8, 4) is 0 Å². The number of rotatable bonds is 7. The third-order valence-electron chi connectivity index (χ3n) is 5.66. The van der Waals surface area contributed by atoms with Crippen LogP contribution in [0.3, 0.4) is 0 Å². The lowest BCUT2D eigenvalue weighted by Crippen LogP contribution is -2.54. The van der Waals surface area contributed by atoms with Gasteiger partial charge in [-0.15, -0.1) is 0 Å². The fraction of sp³-hybridized carbons (Fsp3) is 0.280. The Labute approximate surface area is 199 Å². The number of nitrogens with two attached hydrogens (primary N) is 1. The van der Waals surface area contributed by atoms with Crippen molar-refractivity contribution < 1.29 is 4.79 Å². The van der Waals surface area contributed by atoms with Gasteiger partial charge >= 0.3 is 0 Å². The molecule has 1 amide bonds. The first kappa shape index (κ1) is 22.9. The summed E-state index contributed by atoms with van der Waals surface area (Å²) in [5, 5.41) is 10.8. The van der Waals surface area contributed by atoms with E-state index in [0.29, 0.717) is 40.7 Å². The summed E-state index contributed by atoms with van der Waals surface area (Å²) in [5.41, 5.74) is 9.50. The van der Waals surface area contributed by atoms with Gasteiger partial charge in [0.15, 0.2) is 0 Å². The van der Waals surface area contributed by atoms with Crippen molar-refractivity contribution in [2.45, 2.75) is 32.5 Å². The Balaban J connectivity index is 1.48. The van der Waals surface area contributed by atoms with Crippen LogP contribution >= 0.6 is 11.6 Å². The van der Waals surface area contributed by atoms with E-state index in [4.69, 9.17) is 17.3 Å². The Morgan fingerprint density at radius 2 is 1.85 bits per heavy atom. The molecule has 0 radical (unpaired) electrons. The Hall–Kier alpha value is -3.29. The number of nitrogens with one attached hydrogen (secondary N) is 3. The Morgan fingerprint density at radius 3 is 2.52 bits per heavy atom. The van der Waals surface area contributed by atoms with Crippen LogP contribution in [0.25, 0.3) is 0 Å². The highest BCUT2D eigenvalue weighted by Gasteiger charge is 2.21. The SMILES string of the molecule is C[C@@H]1CN(c2ccc(Nc3cc(NCc4ccccc4Cl)c(C(N)=O)cn3)cc2)C[C@H](C)N1. The van der Waals surface area contributed by atoms with Gasteiger partial charge in [0.25, 0.3) is 5.91 Å². The first-order valence-corrected chi connectivity index (χ1v) is 11.4. The van der Waals surface area contributed by atoms with Gasteiger partial charge in [-0.1, -0.05) is 29.8 Å². The van der Waals surface area contributed by atoms with Gasteiger partial charge in [0.05, 0.1) is 11.3 Å². The zero-order valence-corrected chi connectivity index (χ0v) is 19.6. The fourth-order valence-electron chi connectivity index (χ4n) is 4.14. The lowest BCUT2D eigenvalue weighted by Gasteiger charge is -2.37. The number of carbonyl (C=O) groups excluding carboxylic acids is 1. The van der Waals surface area contributed by atoms with Crippen molar-refractivity contribution in [3.63, 3.8) is 0 Å². The van der Waals surface area contributed by atoms with Crippen molar-refractivity contribution in [1.29, 1.82) is 0 Å². The van der Waals surface area contributed by atoms with Crippen molar-refractivity contribution in [3.05, 3.63) is 76.9 Å². The zero-order chi connectivity index (χ0) is 23.4. The zero-order valence-electron chi connectivity index (χ0n) is 18.8. The number of benzene rings is 2. The van der Waals surface area contributed by atoms with Crippen molar-refractivity contribution in [2.24, 2.45) is 5.73 Å². The highest BCUT2D eigenvalue weighted by molar-refractivity contribution is 6.31. The van der Waals surface area contributed by atoms with Gasteiger partial charge < -0.3 is 26.6 Å². The fourth-order valence-corrected chi connectivity index (χ4v) is 4.34. The van der Waals surface area contributed by atoms with E-state index in [0.717, 1.165) is 24.3 Å². The van der Waals surface area contributed by atoms with Gasteiger partial charge in [-0.25, -0.2) is 4.98 Å². The minimum atomic E-state index is -0.542. The molecule has 172 valence electrons. The second-order valence-electron chi connectivity index (χ2n) is 8.47. The van der Waals surface area contributed by atoms with Crippen LogP contribution < -0.4 is 26.6 Å². The highest BCUT2D eigenvalue weighted by atomic mass is 35.5. The van der Waals surface area contributed by atoms with Gasteiger partial charge in [0, 0.05) is 60.4 Å². The smallest absolute Gasteiger partial charge is 0.252 e. The molecule has 8 heteroatoms. The molecule has 4 rings (SSSR count). The normalized spacial score (nSPS) is 18.1. The number of aromatic nitrogens is 1.